The fourth-order valence-electron chi connectivity index (χ4n) is 2.54. The Morgan fingerprint density at radius 1 is 0.929 bits per heavy atom. The first kappa shape index (κ1) is 10.4. The highest BCUT2D eigenvalue weighted by Gasteiger charge is 2.42. The van der Waals surface area contributed by atoms with E-state index in [-0.39, 0.29) is 0 Å². The van der Waals surface area contributed by atoms with Crippen molar-refractivity contribution in [1.29, 1.82) is 0 Å². The van der Waals surface area contributed by atoms with E-state index in [0.717, 1.165) is 5.41 Å². The maximum Gasteiger partial charge on any atom is 0.0110 e. The fourth-order valence-corrected chi connectivity index (χ4v) is 2.54. The molecule has 1 aliphatic carbocycles. The molecule has 82 valence electrons. The zero-order chi connectivity index (χ0) is 10.0. The molecule has 2 rings (SSSR count). The van der Waals surface area contributed by atoms with E-state index in [2.05, 4.69) is 23.6 Å². The Morgan fingerprint density at radius 2 is 1.50 bits per heavy atom. The van der Waals surface area contributed by atoms with Crippen molar-refractivity contribution in [1.82, 2.24) is 9.80 Å². The van der Waals surface area contributed by atoms with E-state index in [9.17, 15) is 0 Å². The molecule has 0 unspecified atom stereocenters. The van der Waals surface area contributed by atoms with Gasteiger partial charge in [-0.25, -0.2) is 0 Å². The van der Waals surface area contributed by atoms with Crippen LogP contribution in [0.4, 0.5) is 0 Å². The molecule has 0 bridgehead atoms. The van der Waals surface area contributed by atoms with Crippen molar-refractivity contribution in [3.8, 4) is 0 Å². The van der Waals surface area contributed by atoms with Crippen molar-refractivity contribution in [2.45, 2.75) is 33.1 Å². The molecule has 2 aliphatic rings. The van der Waals surface area contributed by atoms with Gasteiger partial charge in [0.1, 0.15) is 0 Å². The van der Waals surface area contributed by atoms with Gasteiger partial charge in [0.25, 0.3) is 0 Å². The summed E-state index contributed by atoms with van der Waals surface area (Å²) < 4.78 is 0. The number of piperazine rings is 1. The minimum absolute atomic E-state index is 0.744. The van der Waals surface area contributed by atoms with Gasteiger partial charge in [-0.15, -0.1) is 0 Å². The molecule has 2 fully saturated rings. The summed E-state index contributed by atoms with van der Waals surface area (Å²) in [5.74, 6) is 0. The van der Waals surface area contributed by atoms with Crippen LogP contribution in [-0.4, -0.2) is 49.1 Å². The van der Waals surface area contributed by atoms with Gasteiger partial charge in [-0.3, -0.25) is 0 Å². The molecule has 0 aromatic carbocycles. The van der Waals surface area contributed by atoms with Crippen LogP contribution >= 0.6 is 0 Å². The molecular weight excluding hydrogens is 172 g/mol. The van der Waals surface area contributed by atoms with E-state index in [0.29, 0.717) is 0 Å². The first-order chi connectivity index (χ1) is 6.78. The van der Waals surface area contributed by atoms with Gasteiger partial charge in [0.15, 0.2) is 0 Å². The van der Waals surface area contributed by atoms with Crippen LogP contribution in [0.15, 0.2) is 0 Å². The van der Waals surface area contributed by atoms with Crippen molar-refractivity contribution in [2.24, 2.45) is 5.41 Å². The Balaban J connectivity index is 1.73. The Kier molecular flexibility index (Phi) is 3.13. The Morgan fingerprint density at radius 3 is 1.93 bits per heavy atom. The molecule has 1 saturated carbocycles. The summed E-state index contributed by atoms with van der Waals surface area (Å²) >= 11 is 0. The molecular formula is C12H24N2. The Hall–Kier alpha value is -0.0800. The second kappa shape index (κ2) is 4.19. The van der Waals surface area contributed by atoms with Crippen molar-refractivity contribution in [2.75, 3.05) is 39.3 Å². The second-order valence-corrected chi connectivity index (χ2v) is 5.06. The smallest absolute Gasteiger partial charge is 0.0110 e. The lowest BCUT2D eigenvalue weighted by Crippen LogP contribution is -2.47. The molecule has 14 heavy (non-hydrogen) atoms. The third-order valence-electron chi connectivity index (χ3n) is 4.18. The van der Waals surface area contributed by atoms with E-state index in [1.165, 1.54) is 58.5 Å². The summed E-state index contributed by atoms with van der Waals surface area (Å²) in [6.07, 6.45) is 4.36. The van der Waals surface area contributed by atoms with Crippen LogP contribution in [0.2, 0.25) is 0 Å². The number of nitrogens with zero attached hydrogens (tertiary/aromatic N) is 2. The topological polar surface area (TPSA) is 6.48 Å². The van der Waals surface area contributed by atoms with Crippen LogP contribution in [0.1, 0.15) is 33.1 Å². The highest BCUT2D eigenvalue weighted by Crippen LogP contribution is 2.49. The maximum atomic E-state index is 2.68. The van der Waals surface area contributed by atoms with Crippen molar-refractivity contribution < 1.29 is 0 Å². The number of hydrogen-bond donors (Lipinski definition) is 0. The summed E-state index contributed by atoms with van der Waals surface area (Å²) in [5.41, 5.74) is 0.744. The van der Waals surface area contributed by atoms with Gasteiger partial charge < -0.3 is 9.80 Å². The normalized spacial score (nSPS) is 27.9. The van der Waals surface area contributed by atoms with E-state index >= 15 is 0 Å². The van der Waals surface area contributed by atoms with Gasteiger partial charge in [-0.1, -0.05) is 13.8 Å². The first-order valence-electron chi connectivity index (χ1n) is 6.23. The highest BCUT2D eigenvalue weighted by atomic mass is 15.3. The maximum absolute atomic E-state index is 2.68. The molecule has 1 aliphatic heterocycles. The molecule has 2 heteroatoms. The van der Waals surface area contributed by atoms with Gasteiger partial charge in [0, 0.05) is 32.7 Å². The zero-order valence-corrected chi connectivity index (χ0v) is 9.76. The quantitative estimate of drug-likeness (QED) is 0.676. The highest BCUT2D eigenvalue weighted by molar-refractivity contribution is 4.94. The largest absolute Gasteiger partial charge is 0.301 e. The summed E-state index contributed by atoms with van der Waals surface area (Å²) in [6, 6.07) is 0. The van der Waals surface area contributed by atoms with Gasteiger partial charge in [-0.2, -0.15) is 0 Å². The molecule has 0 aromatic heterocycles. The molecule has 0 radical (unpaired) electrons. The van der Waals surface area contributed by atoms with Crippen LogP contribution in [0.3, 0.4) is 0 Å². The Labute approximate surface area is 88.3 Å². The molecule has 0 aromatic rings. The van der Waals surface area contributed by atoms with Crippen molar-refractivity contribution in [3.05, 3.63) is 0 Å². The van der Waals surface area contributed by atoms with Crippen LogP contribution in [0, 0.1) is 5.41 Å². The third kappa shape index (κ3) is 2.29. The molecule has 1 heterocycles. The van der Waals surface area contributed by atoms with Gasteiger partial charge in [0.05, 0.1) is 0 Å². The van der Waals surface area contributed by atoms with E-state index in [4.69, 9.17) is 0 Å². The first-order valence-corrected chi connectivity index (χ1v) is 6.23. The standard InChI is InChI=1S/C12H24N2/c1-3-12(5-6-12)11-14-9-7-13(4-2)8-10-14/h3-11H2,1-2H3. The molecule has 1 saturated heterocycles. The third-order valence-corrected chi connectivity index (χ3v) is 4.18. The van der Waals surface area contributed by atoms with Crippen molar-refractivity contribution in [3.63, 3.8) is 0 Å². The van der Waals surface area contributed by atoms with Crippen LogP contribution in [-0.2, 0) is 0 Å². The number of hydrogen-bond acceptors (Lipinski definition) is 2. The van der Waals surface area contributed by atoms with E-state index < -0.39 is 0 Å². The van der Waals surface area contributed by atoms with Gasteiger partial charge in [-0.05, 0) is 31.2 Å². The minimum Gasteiger partial charge on any atom is -0.301 e. The van der Waals surface area contributed by atoms with Crippen LogP contribution in [0.5, 0.6) is 0 Å². The second-order valence-electron chi connectivity index (χ2n) is 5.06. The van der Waals surface area contributed by atoms with E-state index in [1.54, 1.807) is 0 Å². The van der Waals surface area contributed by atoms with Gasteiger partial charge >= 0.3 is 0 Å². The summed E-state index contributed by atoms with van der Waals surface area (Å²) in [7, 11) is 0. The SMILES string of the molecule is CCN1CCN(CC2(CC)CC2)CC1. The minimum atomic E-state index is 0.744. The average molecular weight is 196 g/mol. The molecule has 0 amide bonds. The average Bonchev–Trinajstić information content (AvgIpc) is 3.00. The summed E-state index contributed by atoms with van der Waals surface area (Å²) in [6.45, 7) is 12.4. The predicted octanol–water partition coefficient (Wildman–Crippen LogP) is 1.81. The number of likely N-dealkylation sites (N-methyl/N-ethyl adjacent to an activating group) is 1. The predicted molar refractivity (Wildman–Crippen MR) is 60.5 cm³/mol. The van der Waals surface area contributed by atoms with Crippen LogP contribution in [0.25, 0.3) is 0 Å². The number of rotatable bonds is 4. The summed E-state index contributed by atoms with van der Waals surface area (Å²) in [4.78, 5) is 5.24. The fraction of sp³-hybridized carbons (Fsp3) is 1.00. The molecule has 0 N–H and O–H groups in total. The van der Waals surface area contributed by atoms with Gasteiger partial charge in [0.2, 0.25) is 0 Å². The Bertz CT molecular complexity index is 179. The van der Waals surface area contributed by atoms with Crippen LogP contribution < -0.4 is 0 Å². The zero-order valence-electron chi connectivity index (χ0n) is 9.76. The molecule has 0 spiro atoms. The molecule has 0 atom stereocenters. The lowest BCUT2D eigenvalue weighted by Gasteiger charge is -2.36. The lowest BCUT2D eigenvalue weighted by atomic mass is 10.0. The van der Waals surface area contributed by atoms with E-state index in [1.807, 2.05) is 0 Å². The molecule has 2 nitrogen and oxygen atoms in total. The lowest BCUT2D eigenvalue weighted by molar-refractivity contribution is 0.116. The van der Waals surface area contributed by atoms with Crippen molar-refractivity contribution >= 4 is 0 Å². The monoisotopic (exact) mass is 196 g/mol. The summed E-state index contributed by atoms with van der Waals surface area (Å²) in [5, 5.41) is 0.